The first-order valence-corrected chi connectivity index (χ1v) is 6.71. The van der Waals surface area contributed by atoms with Crippen molar-refractivity contribution in [3.05, 3.63) is 54.3 Å². The Hall–Kier alpha value is -1.50. The summed E-state index contributed by atoms with van der Waals surface area (Å²) in [7, 11) is -4.94. The molecule has 0 saturated heterocycles. The number of halogens is 1. The van der Waals surface area contributed by atoms with Crippen molar-refractivity contribution in [2.75, 3.05) is 0 Å². The Balaban J connectivity index is 0.000000312. The second-order valence-corrected chi connectivity index (χ2v) is 4.36. The Morgan fingerprint density at radius 2 is 1.53 bits per heavy atom. The van der Waals surface area contributed by atoms with E-state index in [-0.39, 0.29) is 0 Å². The van der Waals surface area contributed by atoms with Crippen molar-refractivity contribution < 1.29 is 33.3 Å². The van der Waals surface area contributed by atoms with Crippen LogP contribution in [0.3, 0.4) is 0 Å². The lowest BCUT2D eigenvalue weighted by molar-refractivity contribution is -2.00. The molecule has 0 amide bonds. The van der Waals surface area contributed by atoms with Crippen LogP contribution in [0.2, 0.25) is 0 Å². The quantitative estimate of drug-likeness (QED) is 0.660. The third kappa shape index (κ3) is 6.85. The fourth-order valence-electron chi connectivity index (χ4n) is 1.37. The summed E-state index contributed by atoms with van der Waals surface area (Å²) >= 11 is 0. The zero-order valence-electron chi connectivity index (χ0n) is 10.2. The SMILES string of the molecule is CCc1ccc(-c2ccccc2)[o+]c1.[O-][Cl+3]([O-])([O-])[O-]. The van der Waals surface area contributed by atoms with E-state index in [9.17, 15) is 0 Å². The van der Waals surface area contributed by atoms with Gasteiger partial charge in [0.2, 0.25) is 0 Å². The first-order chi connectivity index (χ1) is 8.90. The predicted molar refractivity (Wildman–Crippen MR) is 57.9 cm³/mol. The molecule has 102 valence electrons. The van der Waals surface area contributed by atoms with E-state index in [1.807, 2.05) is 42.7 Å². The molecule has 0 saturated carbocycles. The molecule has 1 aromatic carbocycles. The Kier molecular flexibility index (Phi) is 5.88. The van der Waals surface area contributed by atoms with Gasteiger partial charge in [-0.2, -0.15) is 0 Å². The van der Waals surface area contributed by atoms with Crippen molar-refractivity contribution in [1.29, 1.82) is 0 Å². The molecule has 5 nitrogen and oxygen atoms in total. The molecule has 0 aliphatic heterocycles. The van der Waals surface area contributed by atoms with Crippen molar-refractivity contribution >= 4 is 0 Å². The largest absolute Gasteiger partial charge is 0.359 e. The zero-order valence-corrected chi connectivity index (χ0v) is 11.0. The topological polar surface area (TPSA) is 104 Å². The van der Waals surface area contributed by atoms with Crippen LogP contribution in [0, 0.1) is 10.2 Å². The minimum Gasteiger partial charge on any atom is -0.222 e. The van der Waals surface area contributed by atoms with E-state index in [1.165, 1.54) is 5.56 Å². The molecule has 6 heteroatoms. The van der Waals surface area contributed by atoms with E-state index >= 15 is 0 Å². The number of hydrogen-bond donors (Lipinski definition) is 0. The summed E-state index contributed by atoms with van der Waals surface area (Å²) < 4.78 is 39.5. The Bertz CT molecular complexity index is 473. The molecule has 0 aliphatic rings. The third-order valence-electron chi connectivity index (χ3n) is 2.25. The second kappa shape index (κ2) is 7.18. The highest BCUT2D eigenvalue weighted by molar-refractivity contribution is 5.56. The molecule has 19 heavy (non-hydrogen) atoms. The summed E-state index contributed by atoms with van der Waals surface area (Å²) in [5, 5.41) is 0. The predicted octanol–water partition coefficient (Wildman–Crippen LogP) is -0.966. The summed E-state index contributed by atoms with van der Waals surface area (Å²) in [4.78, 5) is 0. The van der Waals surface area contributed by atoms with Gasteiger partial charge in [-0.3, -0.25) is 0 Å². The number of benzene rings is 1. The molecule has 1 heterocycles. The first kappa shape index (κ1) is 15.6. The molecule has 0 N–H and O–H groups in total. The van der Waals surface area contributed by atoms with Crippen molar-refractivity contribution in [2.45, 2.75) is 13.3 Å². The van der Waals surface area contributed by atoms with E-state index in [1.54, 1.807) is 0 Å². The first-order valence-electron chi connectivity index (χ1n) is 5.48. The van der Waals surface area contributed by atoms with E-state index in [2.05, 4.69) is 13.0 Å². The maximum absolute atomic E-state index is 8.49. The molecule has 1 aromatic heterocycles. The minimum atomic E-state index is -4.94. The van der Waals surface area contributed by atoms with Crippen molar-refractivity contribution in [2.24, 2.45) is 0 Å². The van der Waals surface area contributed by atoms with E-state index in [0.29, 0.717) is 0 Å². The van der Waals surface area contributed by atoms with E-state index in [4.69, 9.17) is 23.1 Å². The van der Waals surface area contributed by atoms with Crippen LogP contribution in [-0.4, -0.2) is 0 Å². The standard InChI is InChI=1S/C13H13O.ClHO4/c1-2-11-8-9-13(14-10-11)12-6-4-3-5-7-12;2-1(3,4)5/h3-10H,2H2,1H3;(H,2,3,4,5)/q+1;/p-1. The smallest absolute Gasteiger partial charge is 0.222 e. The molecule has 0 radical (unpaired) electrons. The Labute approximate surface area is 113 Å². The van der Waals surface area contributed by atoms with Crippen LogP contribution in [0.4, 0.5) is 0 Å². The van der Waals surface area contributed by atoms with Crippen LogP contribution in [0.5, 0.6) is 0 Å². The van der Waals surface area contributed by atoms with Gasteiger partial charge in [0.05, 0.1) is 5.56 Å². The Morgan fingerprint density at radius 3 is 1.95 bits per heavy atom. The normalized spacial score (nSPS) is 10.6. The van der Waals surface area contributed by atoms with Crippen LogP contribution in [0.1, 0.15) is 12.5 Å². The van der Waals surface area contributed by atoms with Gasteiger partial charge in [-0.25, -0.2) is 23.1 Å². The molecule has 0 unspecified atom stereocenters. The van der Waals surface area contributed by atoms with Crippen LogP contribution in [-0.2, 0) is 6.42 Å². The molecule has 0 spiro atoms. The molecule has 2 rings (SSSR count). The number of aryl methyl sites for hydroxylation is 1. The molecule has 0 bridgehead atoms. The number of hydrogen-bond acceptors (Lipinski definition) is 4. The third-order valence-corrected chi connectivity index (χ3v) is 2.25. The fraction of sp³-hybridized carbons (Fsp3) is 0.154. The van der Waals surface area contributed by atoms with Crippen molar-refractivity contribution in [3.63, 3.8) is 0 Å². The molecule has 0 atom stereocenters. The van der Waals surface area contributed by atoms with Gasteiger partial charge in [-0.05, 0) is 24.6 Å². The van der Waals surface area contributed by atoms with Crippen LogP contribution >= 0.6 is 0 Å². The molecule has 0 fully saturated rings. The second-order valence-electron chi connectivity index (χ2n) is 3.61. The summed E-state index contributed by atoms with van der Waals surface area (Å²) in [6, 6.07) is 14.2. The number of rotatable bonds is 2. The summed E-state index contributed by atoms with van der Waals surface area (Å²) in [6.07, 6.45) is 2.83. The monoisotopic (exact) mass is 284 g/mol. The van der Waals surface area contributed by atoms with Gasteiger partial charge in [0.15, 0.2) is 0 Å². The van der Waals surface area contributed by atoms with E-state index in [0.717, 1.165) is 17.7 Å². The minimum absolute atomic E-state index is 0.919. The van der Waals surface area contributed by atoms with Crippen molar-refractivity contribution in [3.8, 4) is 11.3 Å². The van der Waals surface area contributed by atoms with Gasteiger partial charge < -0.3 is 0 Å². The zero-order chi connectivity index (χ0) is 14.3. The highest BCUT2D eigenvalue weighted by atomic mass is 35.7. The van der Waals surface area contributed by atoms with Crippen LogP contribution in [0.25, 0.3) is 11.3 Å². The van der Waals surface area contributed by atoms with Gasteiger partial charge in [-0.15, -0.1) is 10.2 Å². The van der Waals surface area contributed by atoms with Gasteiger partial charge in [0.1, 0.15) is 0 Å². The molecular formula is C13H13ClO5. The lowest BCUT2D eigenvalue weighted by Crippen LogP contribution is -2.68. The summed E-state index contributed by atoms with van der Waals surface area (Å²) in [5.41, 5.74) is 2.35. The molecular weight excluding hydrogens is 272 g/mol. The highest BCUT2D eigenvalue weighted by Gasteiger charge is 2.09. The van der Waals surface area contributed by atoms with Gasteiger partial charge in [0, 0.05) is 11.6 Å². The lowest BCUT2D eigenvalue weighted by atomic mass is 10.1. The molecule has 2 aromatic rings. The Morgan fingerprint density at radius 1 is 0.947 bits per heavy atom. The van der Waals surface area contributed by atoms with Crippen LogP contribution < -0.4 is 18.6 Å². The molecule has 0 aliphatic carbocycles. The van der Waals surface area contributed by atoms with Gasteiger partial charge in [-0.1, -0.05) is 25.1 Å². The van der Waals surface area contributed by atoms with Crippen LogP contribution in [0.15, 0.2) is 53.1 Å². The maximum atomic E-state index is 8.49. The maximum Gasteiger partial charge on any atom is 0.359 e. The van der Waals surface area contributed by atoms with Crippen molar-refractivity contribution in [1.82, 2.24) is 0 Å². The fourth-order valence-corrected chi connectivity index (χ4v) is 1.37. The van der Waals surface area contributed by atoms with Gasteiger partial charge in [0.25, 0.3) is 0 Å². The van der Waals surface area contributed by atoms with Gasteiger partial charge >= 0.3 is 12.0 Å². The summed E-state index contributed by atoms with van der Waals surface area (Å²) in [6.45, 7) is 2.12. The average molecular weight is 285 g/mol. The van der Waals surface area contributed by atoms with E-state index < -0.39 is 10.2 Å². The lowest BCUT2D eigenvalue weighted by Gasteiger charge is -2.17. The summed E-state index contributed by atoms with van der Waals surface area (Å²) in [5.74, 6) is 0.919. The highest BCUT2D eigenvalue weighted by Crippen LogP contribution is 2.19. The average Bonchev–Trinajstić information content (AvgIpc) is 2.38.